The molecule has 63 heavy (non-hydrogen) atoms. The van der Waals surface area contributed by atoms with E-state index in [-0.39, 0.29) is 11.1 Å². The van der Waals surface area contributed by atoms with Crippen LogP contribution in [0.1, 0.15) is 22.3 Å². The molecule has 0 spiro atoms. The first-order valence-corrected chi connectivity index (χ1v) is 19.6. The molecule has 0 amide bonds. The molecule has 0 aliphatic rings. The third-order valence-corrected chi connectivity index (χ3v) is 11.4. The number of hydrogen-bond acceptors (Lipinski definition) is 4. The number of benzene rings is 8. The largest absolute Gasteiger partial charge is 0.308 e. The highest BCUT2D eigenvalue weighted by molar-refractivity contribution is 6.13. The molecule has 9 heteroatoms. The van der Waals surface area contributed by atoms with E-state index in [9.17, 15) is 21.0 Å². The Morgan fingerprint density at radius 1 is 0.413 bits per heavy atom. The molecule has 0 saturated carbocycles. The number of nitriles is 4. The van der Waals surface area contributed by atoms with Gasteiger partial charge in [0.05, 0.1) is 82.0 Å². The summed E-state index contributed by atoms with van der Waals surface area (Å²) >= 11 is 0. The first-order chi connectivity index (χ1) is 30.8. The highest BCUT2D eigenvalue weighted by atomic mass is 19.1. The Kier molecular flexibility index (Phi) is 8.81. The molecular weight excluding hydrogens is 780 g/mol. The quantitative estimate of drug-likeness (QED) is 0.161. The Labute approximate surface area is 359 Å². The van der Waals surface area contributed by atoms with E-state index in [1.54, 1.807) is 60.7 Å². The first-order valence-electron chi connectivity index (χ1n) is 19.6. The van der Waals surface area contributed by atoms with Crippen LogP contribution in [-0.4, -0.2) is 9.13 Å². The molecule has 0 saturated heterocycles. The van der Waals surface area contributed by atoms with Crippen LogP contribution in [0, 0.1) is 64.3 Å². The third-order valence-electron chi connectivity index (χ3n) is 11.4. The summed E-state index contributed by atoms with van der Waals surface area (Å²) in [5, 5.41) is 43.5. The summed E-state index contributed by atoms with van der Waals surface area (Å²) < 4.78 is 20.9. The molecule has 288 valence electrons. The van der Waals surface area contributed by atoms with Gasteiger partial charge in [0.15, 0.2) is 11.4 Å². The van der Waals surface area contributed by atoms with Crippen LogP contribution in [0.15, 0.2) is 152 Å². The lowest BCUT2D eigenvalue weighted by atomic mass is 9.96. The highest BCUT2D eigenvalue weighted by Crippen LogP contribution is 2.45. The molecule has 0 fully saturated rings. The van der Waals surface area contributed by atoms with E-state index < -0.39 is 5.82 Å². The second-order valence-corrected chi connectivity index (χ2v) is 15.0. The summed E-state index contributed by atoms with van der Waals surface area (Å²) in [5.74, 6) is -0.617. The maximum Gasteiger partial charge on any atom is 0.189 e. The van der Waals surface area contributed by atoms with Crippen LogP contribution in [0.25, 0.3) is 98.1 Å². The Morgan fingerprint density at radius 3 is 1.30 bits per heavy atom. The van der Waals surface area contributed by atoms with Crippen molar-refractivity contribution in [2.45, 2.75) is 0 Å². The molecule has 2 heterocycles. The SMILES string of the molecule is [C-]#[N+]c1cc(C#N)cc(-c2ccc3c(c2)c2ccccc2n3-c2cc(C#N)cc(-n3c4ccccc4c4cc(-c5cc(C#N)cc([N+]#[C-])c5)ccc43)c2-c2ccc(C#N)cc2F)c1. The van der Waals surface area contributed by atoms with Gasteiger partial charge in [-0.15, -0.1) is 0 Å². The first kappa shape index (κ1) is 37.5. The predicted molar refractivity (Wildman–Crippen MR) is 243 cm³/mol. The monoisotopic (exact) mass is 804 g/mol. The number of rotatable bonds is 5. The number of aromatic nitrogens is 2. The van der Waals surface area contributed by atoms with Gasteiger partial charge in [0.25, 0.3) is 0 Å². The summed E-state index contributed by atoms with van der Waals surface area (Å²) in [6.45, 7) is 15.3. The Bertz CT molecular complexity index is 3620. The molecular formula is C54H25FN8. The maximum absolute atomic E-state index is 16.8. The van der Waals surface area contributed by atoms with E-state index in [0.29, 0.717) is 56.1 Å². The maximum atomic E-state index is 16.8. The number of nitrogens with zero attached hydrogens (tertiary/aromatic N) is 8. The van der Waals surface area contributed by atoms with E-state index in [1.807, 2.05) is 94.1 Å². The zero-order chi connectivity index (χ0) is 43.4. The van der Waals surface area contributed by atoms with Gasteiger partial charge in [0.2, 0.25) is 0 Å². The van der Waals surface area contributed by atoms with Gasteiger partial charge in [0.1, 0.15) is 5.82 Å². The fourth-order valence-corrected chi connectivity index (χ4v) is 8.73. The molecule has 0 aliphatic heterocycles. The van der Waals surface area contributed by atoms with Crippen molar-refractivity contribution in [1.29, 1.82) is 21.0 Å². The van der Waals surface area contributed by atoms with Crippen LogP contribution < -0.4 is 0 Å². The minimum Gasteiger partial charge on any atom is -0.308 e. The fourth-order valence-electron chi connectivity index (χ4n) is 8.73. The van der Waals surface area contributed by atoms with Crippen LogP contribution in [0.2, 0.25) is 0 Å². The van der Waals surface area contributed by atoms with Gasteiger partial charge in [-0.2, -0.15) is 21.0 Å². The minimum atomic E-state index is -0.617. The van der Waals surface area contributed by atoms with Gasteiger partial charge in [-0.25, -0.2) is 14.1 Å². The van der Waals surface area contributed by atoms with Crippen molar-refractivity contribution in [2.75, 3.05) is 0 Å². The smallest absolute Gasteiger partial charge is 0.189 e. The second kappa shape index (κ2) is 14.8. The van der Waals surface area contributed by atoms with Gasteiger partial charge in [0, 0.05) is 43.8 Å². The van der Waals surface area contributed by atoms with Crippen LogP contribution in [0.4, 0.5) is 15.8 Å². The molecule has 0 radical (unpaired) electrons. The normalized spacial score (nSPS) is 10.8. The van der Waals surface area contributed by atoms with Gasteiger partial charge in [-0.05, 0) is 125 Å². The fraction of sp³-hybridized carbons (Fsp3) is 0. The number of halogens is 1. The average molecular weight is 805 g/mol. The summed E-state index contributed by atoms with van der Waals surface area (Å²) in [7, 11) is 0. The molecule has 0 unspecified atom stereocenters. The third kappa shape index (κ3) is 6.08. The average Bonchev–Trinajstić information content (AvgIpc) is 3.85. The molecule has 8 nitrogen and oxygen atoms in total. The molecule has 10 aromatic rings. The van der Waals surface area contributed by atoms with E-state index in [0.717, 1.165) is 54.7 Å². The lowest BCUT2D eigenvalue weighted by Gasteiger charge is -2.21. The topological polar surface area (TPSA) is 114 Å². The van der Waals surface area contributed by atoms with Crippen molar-refractivity contribution in [3.05, 3.63) is 203 Å². The van der Waals surface area contributed by atoms with Gasteiger partial charge in [-0.1, -0.05) is 48.5 Å². The second-order valence-electron chi connectivity index (χ2n) is 15.0. The van der Waals surface area contributed by atoms with Crippen molar-refractivity contribution in [3.8, 4) is 69.0 Å². The molecule has 0 N–H and O–H groups in total. The van der Waals surface area contributed by atoms with Crippen molar-refractivity contribution >= 4 is 55.0 Å². The van der Waals surface area contributed by atoms with Crippen molar-refractivity contribution in [1.82, 2.24) is 9.13 Å². The number of fused-ring (bicyclic) bond motifs is 6. The van der Waals surface area contributed by atoms with Crippen molar-refractivity contribution < 1.29 is 4.39 Å². The number of para-hydroxylation sites is 2. The molecule has 10 rings (SSSR count). The Balaban J connectivity index is 1.31. The summed E-state index contributed by atoms with van der Waals surface area (Å²) in [4.78, 5) is 7.18. The zero-order valence-corrected chi connectivity index (χ0v) is 32.9. The lowest BCUT2D eigenvalue weighted by molar-refractivity contribution is 0.630. The summed E-state index contributed by atoms with van der Waals surface area (Å²) in [6, 6.07) is 54.3. The van der Waals surface area contributed by atoms with Gasteiger partial charge in [-0.3, -0.25) is 0 Å². The zero-order valence-electron chi connectivity index (χ0n) is 32.9. The molecule has 0 aliphatic carbocycles. The molecule has 8 aromatic carbocycles. The van der Waals surface area contributed by atoms with E-state index in [2.05, 4.69) is 34.0 Å². The highest BCUT2D eigenvalue weighted by Gasteiger charge is 2.25. The Morgan fingerprint density at radius 2 is 0.857 bits per heavy atom. The molecule has 0 atom stereocenters. The summed E-state index contributed by atoms with van der Waals surface area (Å²) in [6.07, 6.45) is 0. The predicted octanol–water partition coefficient (Wildman–Crippen LogP) is 13.6. The Hall–Kier alpha value is -9.77. The van der Waals surface area contributed by atoms with E-state index >= 15 is 4.39 Å². The lowest BCUT2D eigenvalue weighted by Crippen LogP contribution is -2.06. The van der Waals surface area contributed by atoms with E-state index in [4.69, 9.17) is 13.1 Å². The van der Waals surface area contributed by atoms with Crippen LogP contribution in [0.5, 0.6) is 0 Å². The standard InChI is InChI=1S/C54H25FN8/c1-60-40-19-33(29-57)17-38(24-40)36-12-15-50-45(26-36)42-7-3-5-9-48(42)62(50)52-22-35(31-59)23-53(54(52)44-14-11-32(28-56)21-47(44)55)63-49-10-6-4-8-43(49)46-27-37(13-16-51(46)63)39-18-34(30-58)20-41(25-39)61-2/h3-27H. The molecule has 2 aromatic heterocycles. The number of hydrogen-bond donors (Lipinski definition) is 0. The van der Waals surface area contributed by atoms with Gasteiger partial charge >= 0.3 is 0 Å². The van der Waals surface area contributed by atoms with Crippen molar-refractivity contribution in [2.24, 2.45) is 0 Å². The van der Waals surface area contributed by atoms with Crippen molar-refractivity contribution in [3.63, 3.8) is 0 Å². The van der Waals surface area contributed by atoms with Gasteiger partial charge < -0.3 is 9.13 Å². The van der Waals surface area contributed by atoms with Crippen LogP contribution in [-0.2, 0) is 0 Å². The minimum absolute atomic E-state index is 0.158. The van der Waals surface area contributed by atoms with Crippen LogP contribution >= 0.6 is 0 Å². The summed E-state index contributed by atoms with van der Waals surface area (Å²) in [5.41, 5.74) is 9.81. The molecule has 0 bridgehead atoms. The van der Waals surface area contributed by atoms with Crippen LogP contribution in [0.3, 0.4) is 0 Å². The van der Waals surface area contributed by atoms with E-state index in [1.165, 1.54) is 6.07 Å².